The highest BCUT2D eigenvalue weighted by molar-refractivity contribution is 6.42. The summed E-state index contributed by atoms with van der Waals surface area (Å²) in [7, 11) is 0. The topological polar surface area (TPSA) is 33.2 Å². The van der Waals surface area contributed by atoms with E-state index >= 15 is 0 Å². The van der Waals surface area contributed by atoms with Crippen LogP contribution in [-0.4, -0.2) is 28.4 Å². The van der Waals surface area contributed by atoms with Gasteiger partial charge in [0.1, 0.15) is 0 Å². The fraction of sp³-hybridized carbons (Fsp3) is 0.273. The Morgan fingerprint density at radius 1 is 1.07 bits per heavy atom. The molecule has 1 unspecified atom stereocenters. The van der Waals surface area contributed by atoms with Crippen molar-refractivity contribution in [1.29, 1.82) is 0 Å². The van der Waals surface area contributed by atoms with Gasteiger partial charge in [0.05, 0.1) is 26.8 Å². The monoisotopic (exact) mass is 398 g/mol. The number of carbonyl (C=O) groups excluding carboxylic acids is 1. The number of hydrogen-bond donors (Lipinski definition) is 0. The molecule has 3 aromatic rings. The molecule has 2 heterocycles. The van der Waals surface area contributed by atoms with Crippen molar-refractivity contribution in [1.82, 2.24) is 9.88 Å². The maximum Gasteiger partial charge on any atom is 0.254 e. The van der Waals surface area contributed by atoms with Gasteiger partial charge in [0.2, 0.25) is 0 Å². The zero-order chi connectivity index (χ0) is 19.0. The first kappa shape index (κ1) is 18.3. The molecule has 138 valence electrons. The van der Waals surface area contributed by atoms with Gasteiger partial charge < -0.3 is 4.90 Å². The predicted molar refractivity (Wildman–Crippen MR) is 112 cm³/mol. The van der Waals surface area contributed by atoms with E-state index in [1.165, 1.54) is 6.42 Å². The van der Waals surface area contributed by atoms with Crippen LogP contribution in [-0.2, 0) is 0 Å². The molecule has 2 aromatic carbocycles. The lowest BCUT2D eigenvalue weighted by molar-refractivity contribution is 0.0637. The van der Waals surface area contributed by atoms with E-state index in [1.54, 1.807) is 12.1 Å². The molecule has 5 heteroatoms. The van der Waals surface area contributed by atoms with Crippen molar-refractivity contribution in [3.05, 3.63) is 64.1 Å². The van der Waals surface area contributed by atoms with Crippen LogP contribution in [0.25, 0.3) is 22.2 Å². The SMILES string of the molecule is CC1CCCCN1C(=O)c1cc(-c2ccc(Cl)c(Cl)c2)nc2ccccc12. The molecule has 1 aliphatic rings. The summed E-state index contributed by atoms with van der Waals surface area (Å²) in [6.07, 6.45) is 3.28. The number of carbonyl (C=O) groups is 1. The highest BCUT2D eigenvalue weighted by Crippen LogP contribution is 2.31. The number of halogens is 2. The summed E-state index contributed by atoms with van der Waals surface area (Å²) >= 11 is 12.2. The van der Waals surface area contributed by atoms with E-state index in [9.17, 15) is 4.79 Å². The molecule has 0 spiro atoms. The van der Waals surface area contributed by atoms with Crippen LogP contribution < -0.4 is 0 Å². The quantitative estimate of drug-likeness (QED) is 0.512. The van der Waals surface area contributed by atoms with E-state index in [0.717, 1.165) is 41.5 Å². The zero-order valence-electron chi connectivity index (χ0n) is 15.1. The average molecular weight is 399 g/mol. The molecule has 1 saturated heterocycles. The Hall–Kier alpha value is -2.10. The molecule has 27 heavy (non-hydrogen) atoms. The highest BCUT2D eigenvalue weighted by Gasteiger charge is 2.26. The molecule has 1 aliphatic heterocycles. The van der Waals surface area contributed by atoms with E-state index in [0.29, 0.717) is 15.6 Å². The number of hydrogen-bond acceptors (Lipinski definition) is 2. The number of pyridine rings is 1. The second-order valence-electron chi connectivity index (χ2n) is 7.04. The largest absolute Gasteiger partial charge is 0.336 e. The third-order valence-corrected chi connectivity index (χ3v) is 5.96. The molecular weight excluding hydrogens is 379 g/mol. The maximum atomic E-state index is 13.4. The number of para-hydroxylation sites is 1. The zero-order valence-corrected chi connectivity index (χ0v) is 16.6. The Kier molecular flexibility index (Phi) is 5.07. The Morgan fingerprint density at radius 2 is 1.89 bits per heavy atom. The van der Waals surface area contributed by atoms with Gasteiger partial charge in [0.15, 0.2) is 0 Å². The molecular formula is C22H20Cl2N2O. The van der Waals surface area contributed by atoms with Gasteiger partial charge in [-0.2, -0.15) is 0 Å². The molecule has 1 aromatic heterocycles. The number of aromatic nitrogens is 1. The molecule has 0 aliphatic carbocycles. The van der Waals surface area contributed by atoms with Crippen LogP contribution in [0.1, 0.15) is 36.5 Å². The first-order valence-electron chi connectivity index (χ1n) is 9.21. The van der Waals surface area contributed by atoms with E-state index in [1.807, 2.05) is 41.3 Å². The van der Waals surface area contributed by atoms with Crippen molar-refractivity contribution < 1.29 is 4.79 Å². The van der Waals surface area contributed by atoms with Crippen LogP contribution in [0.2, 0.25) is 10.0 Å². The van der Waals surface area contributed by atoms with Gasteiger partial charge in [0, 0.05) is 23.5 Å². The lowest BCUT2D eigenvalue weighted by atomic mass is 9.99. The summed E-state index contributed by atoms with van der Waals surface area (Å²) in [5.74, 6) is 0.0714. The number of piperidine rings is 1. The lowest BCUT2D eigenvalue weighted by Crippen LogP contribution is -2.42. The summed E-state index contributed by atoms with van der Waals surface area (Å²) in [5.41, 5.74) is 3.06. The van der Waals surface area contributed by atoms with Crippen molar-refractivity contribution in [2.75, 3.05) is 6.54 Å². The van der Waals surface area contributed by atoms with Gasteiger partial charge in [-0.1, -0.05) is 47.5 Å². The third-order valence-electron chi connectivity index (χ3n) is 5.23. The van der Waals surface area contributed by atoms with E-state index in [2.05, 4.69) is 6.92 Å². The molecule has 0 radical (unpaired) electrons. The van der Waals surface area contributed by atoms with E-state index in [4.69, 9.17) is 28.2 Å². The summed E-state index contributed by atoms with van der Waals surface area (Å²) in [6, 6.07) is 15.3. The van der Waals surface area contributed by atoms with Crippen molar-refractivity contribution in [2.24, 2.45) is 0 Å². The van der Waals surface area contributed by atoms with E-state index < -0.39 is 0 Å². The Morgan fingerprint density at radius 3 is 2.67 bits per heavy atom. The fourth-order valence-electron chi connectivity index (χ4n) is 3.71. The van der Waals surface area contributed by atoms with E-state index in [-0.39, 0.29) is 11.9 Å². The van der Waals surface area contributed by atoms with Crippen LogP contribution >= 0.6 is 23.2 Å². The molecule has 0 bridgehead atoms. The van der Waals surface area contributed by atoms with Crippen LogP contribution in [0.15, 0.2) is 48.5 Å². The van der Waals surface area contributed by atoms with Crippen LogP contribution in [0, 0.1) is 0 Å². The summed E-state index contributed by atoms with van der Waals surface area (Å²) < 4.78 is 0. The molecule has 0 saturated carbocycles. The van der Waals surface area contributed by atoms with Crippen molar-refractivity contribution in [3.8, 4) is 11.3 Å². The fourth-order valence-corrected chi connectivity index (χ4v) is 4.01. The van der Waals surface area contributed by atoms with Crippen LogP contribution in [0.5, 0.6) is 0 Å². The number of rotatable bonds is 2. The molecule has 3 nitrogen and oxygen atoms in total. The minimum atomic E-state index is 0.0714. The maximum absolute atomic E-state index is 13.4. The summed E-state index contributed by atoms with van der Waals surface area (Å²) in [6.45, 7) is 2.93. The highest BCUT2D eigenvalue weighted by atomic mass is 35.5. The Labute approximate surface area is 168 Å². The normalized spacial score (nSPS) is 17.3. The van der Waals surface area contributed by atoms with Gasteiger partial charge in [0.25, 0.3) is 5.91 Å². The average Bonchev–Trinajstić information content (AvgIpc) is 2.69. The van der Waals surface area contributed by atoms with Gasteiger partial charge in [-0.05, 0) is 50.5 Å². The minimum Gasteiger partial charge on any atom is -0.336 e. The molecule has 0 N–H and O–H groups in total. The summed E-state index contributed by atoms with van der Waals surface area (Å²) in [4.78, 5) is 20.1. The lowest BCUT2D eigenvalue weighted by Gasteiger charge is -2.33. The van der Waals surface area contributed by atoms with Crippen LogP contribution in [0.4, 0.5) is 0 Å². The number of likely N-dealkylation sites (tertiary alicyclic amines) is 1. The Balaban J connectivity index is 1.86. The number of nitrogens with zero attached hydrogens (tertiary/aromatic N) is 2. The Bertz CT molecular complexity index is 1020. The number of fused-ring (bicyclic) bond motifs is 1. The molecule has 1 fully saturated rings. The van der Waals surface area contributed by atoms with Crippen LogP contribution in [0.3, 0.4) is 0 Å². The second kappa shape index (κ2) is 7.49. The minimum absolute atomic E-state index is 0.0714. The molecule has 1 amide bonds. The standard InChI is InChI=1S/C22H20Cl2N2O/c1-14-6-4-5-11-26(14)22(27)17-13-21(15-9-10-18(23)19(24)12-15)25-20-8-3-2-7-16(17)20/h2-3,7-10,12-14H,4-6,11H2,1H3. The first-order chi connectivity index (χ1) is 13.0. The third kappa shape index (κ3) is 3.54. The predicted octanol–water partition coefficient (Wildman–Crippen LogP) is 6.22. The second-order valence-corrected chi connectivity index (χ2v) is 7.86. The number of amides is 1. The number of benzene rings is 2. The van der Waals surface area contributed by atoms with Crippen molar-refractivity contribution in [3.63, 3.8) is 0 Å². The van der Waals surface area contributed by atoms with Gasteiger partial charge in [-0.25, -0.2) is 4.98 Å². The smallest absolute Gasteiger partial charge is 0.254 e. The van der Waals surface area contributed by atoms with Crippen molar-refractivity contribution in [2.45, 2.75) is 32.2 Å². The molecule has 1 atom stereocenters. The van der Waals surface area contributed by atoms with Gasteiger partial charge >= 0.3 is 0 Å². The van der Waals surface area contributed by atoms with Gasteiger partial charge in [-0.15, -0.1) is 0 Å². The summed E-state index contributed by atoms with van der Waals surface area (Å²) in [5, 5.41) is 1.85. The van der Waals surface area contributed by atoms with Gasteiger partial charge in [-0.3, -0.25) is 4.79 Å². The first-order valence-corrected chi connectivity index (χ1v) is 9.96. The van der Waals surface area contributed by atoms with Crippen molar-refractivity contribution >= 4 is 40.0 Å². The molecule has 4 rings (SSSR count).